The summed E-state index contributed by atoms with van der Waals surface area (Å²) in [7, 11) is 0. The van der Waals surface area contributed by atoms with E-state index in [1.165, 1.54) is 0 Å². The van der Waals surface area contributed by atoms with Crippen molar-refractivity contribution >= 4 is 27.9 Å². The third-order valence-corrected chi connectivity index (χ3v) is 3.45. The molecule has 0 saturated carbocycles. The van der Waals surface area contributed by atoms with Crippen LogP contribution in [0.25, 0.3) is 0 Å². The van der Waals surface area contributed by atoms with Gasteiger partial charge in [-0.3, -0.25) is 9.69 Å². The highest BCUT2D eigenvalue weighted by molar-refractivity contribution is 9.11. The molecule has 2 rings (SSSR count). The van der Waals surface area contributed by atoms with Gasteiger partial charge in [-0.1, -0.05) is 34.6 Å². The molecule has 102 valence electrons. The van der Waals surface area contributed by atoms with Gasteiger partial charge in [0, 0.05) is 4.48 Å². The van der Waals surface area contributed by atoms with Crippen molar-refractivity contribution in [2.75, 3.05) is 6.54 Å². The van der Waals surface area contributed by atoms with Gasteiger partial charge in [0.05, 0.1) is 18.2 Å². The molecular weight excluding hydrogens is 322 g/mol. The molecule has 0 bridgehead atoms. The number of imide groups is 1. The van der Waals surface area contributed by atoms with E-state index in [0.29, 0.717) is 15.6 Å². The zero-order chi connectivity index (χ0) is 14.9. The van der Waals surface area contributed by atoms with Gasteiger partial charge in [-0.15, -0.1) is 0 Å². The number of hydrogen-bond donors (Lipinski definition) is 1. The molecule has 1 N–H and O–H groups in total. The zero-order valence-electron chi connectivity index (χ0n) is 10.8. The quantitative estimate of drug-likeness (QED) is 0.862. The second-order valence-corrected chi connectivity index (χ2v) is 5.77. The molecule has 3 amide bonds. The number of carbonyl (C=O) groups is 2. The van der Waals surface area contributed by atoms with E-state index in [9.17, 15) is 9.59 Å². The second-order valence-electron chi connectivity index (χ2n) is 4.65. The molecule has 20 heavy (non-hydrogen) atoms. The minimum atomic E-state index is -1.12. The van der Waals surface area contributed by atoms with Crippen molar-refractivity contribution in [2.45, 2.75) is 12.5 Å². The maximum absolute atomic E-state index is 12.4. The lowest BCUT2D eigenvalue weighted by molar-refractivity contribution is -0.130. The molecule has 1 aromatic carbocycles. The lowest BCUT2D eigenvalue weighted by atomic mass is 9.91. The number of rotatable bonds is 3. The van der Waals surface area contributed by atoms with E-state index in [1.807, 2.05) is 6.07 Å². The van der Waals surface area contributed by atoms with Crippen molar-refractivity contribution in [3.8, 4) is 6.07 Å². The minimum absolute atomic E-state index is 0.122. The summed E-state index contributed by atoms with van der Waals surface area (Å²) in [5, 5.41) is 11.5. The highest BCUT2D eigenvalue weighted by Gasteiger charge is 2.48. The van der Waals surface area contributed by atoms with Gasteiger partial charge in [0.25, 0.3) is 5.91 Å². The molecule has 1 fully saturated rings. The fourth-order valence-electron chi connectivity index (χ4n) is 2.09. The van der Waals surface area contributed by atoms with Crippen molar-refractivity contribution < 1.29 is 9.59 Å². The fraction of sp³-hybridized carbons (Fsp3) is 0.214. The summed E-state index contributed by atoms with van der Waals surface area (Å²) in [4.78, 5) is 25.5. The number of nitriles is 1. The topological polar surface area (TPSA) is 73.2 Å². The Hall–Kier alpha value is -2.13. The molecule has 5 nitrogen and oxygen atoms in total. The number of urea groups is 1. The summed E-state index contributed by atoms with van der Waals surface area (Å²) >= 11 is 3.15. The molecule has 0 unspecified atom stereocenters. The van der Waals surface area contributed by atoms with Crippen LogP contribution in [0.1, 0.15) is 18.1 Å². The average molecular weight is 334 g/mol. The molecule has 1 atom stereocenters. The van der Waals surface area contributed by atoms with Gasteiger partial charge in [-0.05, 0) is 24.6 Å². The van der Waals surface area contributed by atoms with Crippen LogP contribution in [0.4, 0.5) is 4.79 Å². The van der Waals surface area contributed by atoms with Crippen LogP contribution >= 0.6 is 15.9 Å². The number of carbonyl (C=O) groups excluding carboxylic acids is 2. The number of nitrogens with zero attached hydrogens (tertiary/aromatic N) is 2. The van der Waals surface area contributed by atoms with Gasteiger partial charge in [-0.2, -0.15) is 5.26 Å². The molecule has 6 heteroatoms. The van der Waals surface area contributed by atoms with Crippen molar-refractivity contribution in [2.24, 2.45) is 0 Å². The van der Waals surface area contributed by atoms with Gasteiger partial charge in [-0.25, -0.2) is 4.79 Å². The van der Waals surface area contributed by atoms with E-state index < -0.39 is 11.6 Å². The normalized spacial score (nSPS) is 21.6. The first-order valence-corrected chi connectivity index (χ1v) is 6.66. The van der Waals surface area contributed by atoms with Gasteiger partial charge in [0.15, 0.2) is 0 Å². The van der Waals surface area contributed by atoms with Crippen molar-refractivity contribution in [3.05, 3.63) is 46.5 Å². The van der Waals surface area contributed by atoms with E-state index >= 15 is 0 Å². The van der Waals surface area contributed by atoms with Gasteiger partial charge in [0.1, 0.15) is 5.54 Å². The van der Waals surface area contributed by atoms with Gasteiger partial charge < -0.3 is 5.32 Å². The molecule has 1 aliphatic heterocycles. The first kappa shape index (κ1) is 14.3. The van der Waals surface area contributed by atoms with Crippen LogP contribution in [0, 0.1) is 11.3 Å². The van der Waals surface area contributed by atoms with E-state index in [0.717, 1.165) is 4.90 Å². The monoisotopic (exact) mass is 333 g/mol. The highest BCUT2D eigenvalue weighted by atomic mass is 79.9. The van der Waals surface area contributed by atoms with Crippen molar-refractivity contribution in [1.82, 2.24) is 10.2 Å². The van der Waals surface area contributed by atoms with Gasteiger partial charge >= 0.3 is 6.03 Å². The first-order chi connectivity index (χ1) is 9.38. The molecule has 0 aliphatic carbocycles. The van der Waals surface area contributed by atoms with Crippen LogP contribution in [0.5, 0.6) is 0 Å². The van der Waals surface area contributed by atoms with E-state index in [4.69, 9.17) is 5.26 Å². The summed E-state index contributed by atoms with van der Waals surface area (Å²) < 4.78 is 0.546. The smallest absolute Gasteiger partial charge is 0.319 e. The Morgan fingerprint density at radius 1 is 1.45 bits per heavy atom. The lowest BCUT2D eigenvalue weighted by Gasteiger charge is -2.22. The second kappa shape index (κ2) is 5.10. The average Bonchev–Trinajstić information content (AvgIpc) is 2.63. The Labute approximate surface area is 125 Å². The molecule has 1 heterocycles. The summed E-state index contributed by atoms with van der Waals surface area (Å²) in [5.74, 6) is -0.340. The zero-order valence-corrected chi connectivity index (χ0v) is 12.4. The fourth-order valence-corrected chi connectivity index (χ4v) is 2.34. The lowest BCUT2D eigenvalue weighted by Crippen LogP contribution is -2.41. The van der Waals surface area contributed by atoms with E-state index in [1.54, 1.807) is 31.2 Å². The largest absolute Gasteiger partial charge is 0.325 e. The summed E-state index contributed by atoms with van der Waals surface area (Å²) in [6.45, 7) is 5.40. The SMILES string of the molecule is C=C(Br)CN1C(=O)N[C@](C)(c2ccc(C#N)cc2)C1=O. The number of amides is 3. The molecule has 1 aliphatic rings. The molecule has 0 aromatic heterocycles. The maximum Gasteiger partial charge on any atom is 0.325 e. The summed E-state index contributed by atoms with van der Waals surface area (Å²) in [5.41, 5.74) is 0.0189. The van der Waals surface area contributed by atoms with E-state index in [2.05, 4.69) is 27.8 Å². The number of nitrogens with one attached hydrogen (secondary N) is 1. The Bertz CT molecular complexity index is 633. The van der Waals surface area contributed by atoms with Crippen LogP contribution in [0.3, 0.4) is 0 Å². The predicted octanol–water partition coefficient (Wildman–Crippen LogP) is 2.23. The molecule has 0 radical (unpaired) electrons. The Morgan fingerprint density at radius 2 is 2.05 bits per heavy atom. The third-order valence-electron chi connectivity index (χ3n) is 3.20. The Kier molecular flexibility index (Phi) is 3.64. The van der Waals surface area contributed by atoms with Crippen LogP contribution in [0.15, 0.2) is 35.3 Å². The maximum atomic E-state index is 12.4. The summed E-state index contributed by atoms with van der Waals surface area (Å²) in [6, 6.07) is 8.13. The van der Waals surface area contributed by atoms with E-state index in [-0.39, 0.29) is 12.5 Å². The Balaban J connectivity index is 2.35. The van der Waals surface area contributed by atoms with Gasteiger partial charge in [0.2, 0.25) is 0 Å². The molecule has 1 aromatic rings. The van der Waals surface area contributed by atoms with Crippen molar-refractivity contribution in [1.29, 1.82) is 5.26 Å². The van der Waals surface area contributed by atoms with Crippen LogP contribution < -0.4 is 5.32 Å². The number of benzene rings is 1. The Morgan fingerprint density at radius 3 is 2.55 bits per heavy atom. The molecule has 0 spiro atoms. The standard InChI is InChI=1S/C14H12BrN3O2/c1-9(15)8-18-12(19)14(2,17-13(18)20)11-5-3-10(7-16)4-6-11/h3-6H,1,8H2,2H3,(H,17,20)/t14-/m1/s1. The molecular formula is C14H12BrN3O2. The number of halogens is 1. The van der Waals surface area contributed by atoms with Crippen LogP contribution in [-0.4, -0.2) is 23.4 Å². The molecule has 1 saturated heterocycles. The minimum Gasteiger partial charge on any atom is -0.319 e. The highest BCUT2D eigenvalue weighted by Crippen LogP contribution is 2.29. The first-order valence-electron chi connectivity index (χ1n) is 5.86. The van der Waals surface area contributed by atoms with Crippen LogP contribution in [0.2, 0.25) is 0 Å². The number of hydrogen-bond acceptors (Lipinski definition) is 3. The summed E-state index contributed by atoms with van der Waals surface area (Å²) in [6.07, 6.45) is 0. The third kappa shape index (κ3) is 2.32. The predicted molar refractivity (Wildman–Crippen MR) is 76.8 cm³/mol. The van der Waals surface area contributed by atoms with Crippen LogP contribution in [-0.2, 0) is 10.3 Å². The van der Waals surface area contributed by atoms with Crippen molar-refractivity contribution in [3.63, 3.8) is 0 Å².